The molecule has 0 saturated heterocycles. The highest BCUT2D eigenvalue weighted by Crippen LogP contribution is 2.40. The zero-order valence-electron chi connectivity index (χ0n) is 33.6. The predicted molar refractivity (Wildman–Crippen MR) is 238 cm³/mol. The first kappa shape index (κ1) is 40.8. The molecule has 0 aromatic heterocycles. The summed E-state index contributed by atoms with van der Waals surface area (Å²) in [7, 11) is -4.27. The summed E-state index contributed by atoms with van der Waals surface area (Å²) < 4.78 is 0. The quantitative estimate of drug-likeness (QED) is 0.158. The molecule has 0 spiro atoms. The van der Waals surface area contributed by atoms with E-state index in [2.05, 4.69) is 176 Å². The fourth-order valence-corrected chi connectivity index (χ4v) is 15.9. The number of aromatic hydroxyl groups is 2. The van der Waals surface area contributed by atoms with E-state index in [0.717, 1.165) is 33.0 Å². The summed E-state index contributed by atoms with van der Waals surface area (Å²) in [5.74, 6) is 2.65. The van der Waals surface area contributed by atoms with Crippen LogP contribution in [0.25, 0.3) is 0 Å². The van der Waals surface area contributed by atoms with Crippen molar-refractivity contribution in [1.82, 2.24) is 0 Å². The molecule has 0 unspecified atom stereocenters. The second-order valence-corrected chi connectivity index (χ2v) is 29.4. The second-order valence-electron chi connectivity index (χ2n) is 18.2. The van der Waals surface area contributed by atoms with Crippen molar-refractivity contribution < 1.29 is 10.2 Å². The fraction of sp³-hybridized carbons (Fsp3) is 0.478. The summed E-state index contributed by atoms with van der Waals surface area (Å²) in [6, 6.07) is 30.8. The number of hydrogen-bond donors (Lipinski definition) is 2. The Bertz CT molecular complexity index is 1660. The van der Waals surface area contributed by atoms with E-state index < -0.39 is 16.1 Å². The Morgan fingerprint density at radius 3 is 1.21 bits per heavy atom. The third-order valence-electron chi connectivity index (χ3n) is 11.5. The fourth-order valence-electron chi connectivity index (χ4n) is 7.64. The maximum Gasteiger partial charge on any atom is 0.119 e. The van der Waals surface area contributed by atoms with Crippen molar-refractivity contribution in [2.45, 2.75) is 139 Å². The lowest BCUT2D eigenvalue weighted by Gasteiger charge is -2.32. The molecule has 0 aliphatic heterocycles. The zero-order chi connectivity index (χ0) is 37.9. The van der Waals surface area contributed by atoms with Crippen LogP contribution < -0.4 is 20.7 Å². The maximum atomic E-state index is 12.0. The average molecular weight is 769 g/mol. The van der Waals surface area contributed by atoms with Crippen molar-refractivity contribution in [2.24, 2.45) is 0 Å². The van der Waals surface area contributed by atoms with Crippen LogP contribution in [-0.2, 0) is 22.3 Å². The lowest BCUT2D eigenvalue weighted by Crippen LogP contribution is -2.53. The van der Waals surface area contributed by atoms with Crippen molar-refractivity contribution in [3.8, 4) is 11.5 Å². The van der Waals surface area contributed by atoms with Crippen molar-refractivity contribution in [1.29, 1.82) is 0 Å². The first-order valence-corrected chi connectivity index (χ1v) is 27.6. The maximum absolute atomic E-state index is 12.0. The molecule has 5 rings (SSSR count). The smallest absolute Gasteiger partial charge is 0.119 e. The molecule has 4 aromatic carbocycles. The largest absolute Gasteiger partial charge is 0.508 e. The van der Waals surface area contributed by atoms with E-state index in [1.165, 1.54) is 60.0 Å². The van der Waals surface area contributed by atoms with Gasteiger partial charge in [-0.25, -0.2) is 0 Å². The Morgan fingerprint density at radius 2 is 0.885 bits per heavy atom. The minimum Gasteiger partial charge on any atom is -0.508 e. The molecule has 2 N–H and O–H groups in total. The van der Waals surface area contributed by atoms with Gasteiger partial charge in [0.05, 0.1) is 0 Å². The van der Waals surface area contributed by atoms with E-state index in [9.17, 15) is 10.2 Å². The van der Waals surface area contributed by atoms with E-state index in [0.29, 0.717) is 22.0 Å². The minimum absolute atomic E-state index is 0.0119. The summed E-state index contributed by atoms with van der Waals surface area (Å²) in [5.41, 5.74) is 4.77. The van der Waals surface area contributed by atoms with E-state index in [-0.39, 0.29) is 10.8 Å². The molecule has 1 saturated carbocycles. The lowest BCUT2D eigenvalue weighted by atomic mass is 9.86. The third kappa shape index (κ3) is 9.45. The van der Waals surface area contributed by atoms with Crippen molar-refractivity contribution in [3.05, 3.63) is 107 Å². The van der Waals surface area contributed by atoms with Gasteiger partial charge in [-0.15, -0.1) is 0 Å². The summed E-state index contributed by atoms with van der Waals surface area (Å²) in [6.45, 7) is 23.2. The number of rotatable bonds is 10. The van der Waals surface area contributed by atoms with Crippen molar-refractivity contribution in [3.63, 3.8) is 0 Å². The summed E-state index contributed by atoms with van der Waals surface area (Å²) >= 11 is 4.12. The standard InChI is InChI=1S/C46H64O2S2Si2/c1-45(2,3)35-27-33(43(47)41(29-35)51(7,8)37-21-15-13-16-22-37)31-49-39-25-19-11-12-20-26-40(39)50-32-34-28-36(46(4,5)6)30-42(44(34)48)52(9,10)38-23-17-14-18-24-38/h13-18,21-24,27-30,39-40,47-48H,11-12,19-20,25-26,31-32H2,1-10H3/t39-,40-/m0/s1. The van der Waals surface area contributed by atoms with Gasteiger partial charge in [0.2, 0.25) is 0 Å². The highest BCUT2D eigenvalue weighted by atomic mass is 32.2. The number of phenols is 2. The Kier molecular flexibility index (Phi) is 13.0. The van der Waals surface area contributed by atoms with Gasteiger partial charge in [-0.1, -0.05) is 189 Å². The van der Waals surface area contributed by atoms with Crippen LogP contribution in [0.5, 0.6) is 11.5 Å². The third-order valence-corrected chi connectivity index (χ3v) is 21.6. The molecule has 1 aliphatic rings. The topological polar surface area (TPSA) is 40.5 Å². The van der Waals surface area contributed by atoms with Gasteiger partial charge in [-0.05, 0) is 45.2 Å². The van der Waals surface area contributed by atoms with Gasteiger partial charge in [-0.3, -0.25) is 0 Å². The Morgan fingerprint density at radius 1 is 0.538 bits per heavy atom. The molecular formula is C46H64O2S2Si2. The zero-order valence-corrected chi connectivity index (χ0v) is 37.2. The summed E-state index contributed by atoms with van der Waals surface area (Å²) in [6.07, 6.45) is 7.52. The van der Waals surface area contributed by atoms with E-state index in [4.69, 9.17) is 0 Å². The summed E-state index contributed by atoms with van der Waals surface area (Å²) in [5, 5.41) is 30.0. The lowest BCUT2D eigenvalue weighted by molar-refractivity contribution is 0.472. The van der Waals surface area contributed by atoms with E-state index >= 15 is 0 Å². The van der Waals surface area contributed by atoms with Crippen LogP contribution in [0.1, 0.15) is 102 Å². The second kappa shape index (κ2) is 16.5. The van der Waals surface area contributed by atoms with Gasteiger partial charge in [-0.2, -0.15) is 23.5 Å². The normalized spacial score (nSPS) is 17.8. The molecule has 6 heteroatoms. The van der Waals surface area contributed by atoms with Gasteiger partial charge < -0.3 is 10.2 Å². The highest BCUT2D eigenvalue weighted by Gasteiger charge is 2.34. The number of thioether (sulfide) groups is 2. The van der Waals surface area contributed by atoms with Crippen LogP contribution in [0, 0.1) is 0 Å². The summed E-state index contributed by atoms with van der Waals surface area (Å²) in [4.78, 5) is 0. The molecule has 4 aromatic rings. The van der Waals surface area contributed by atoms with Gasteiger partial charge in [0, 0.05) is 33.1 Å². The van der Waals surface area contributed by atoms with E-state index in [1.807, 2.05) is 0 Å². The monoisotopic (exact) mass is 768 g/mol. The Hall–Kier alpha value is -2.39. The van der Waals surface area contributed by atoms with Crippen LogP contribution in [0.2, 0.25) is 26.2 Å². The molecule has 0 bridgehead atoms. The van der Waals surface area contributed by atoms with Crippen molar-refractivity contribution in [2.75, 3.05) is 0 Å². The molecule has 280 valence electrons. The first-order valence-electron chi connectivity index (χ1n) is 19.5. The molecular weight excluding hydrogens is 705 g/mol. The van der Waals surface area contributed by atoms with Crippen LogP contribution in [0.3, 0.4) is 0 Å². The Labute approximate surface area is 326 Å². The highest BCUT2D eigenvalue weighted by molar-refractivity contribution is 8.03. The van der Waals surface area contributed by atoms with Gasteiger partial charge in [0.1, 0.15) is 27.6 Å². The molecule has 0 heterocycles. The molecule has 1 aliphatic carbocycles. The van der Waals surface area contributed by atoms with Gasteiger partial charge in [0.15, 0.2) is 0 Å². The van der Waals surface area contributed by atoms with Crippen LogP contribution in [0.15, 0.2) is 84.9 Å². The first-order chi connectivity index (χ1) is 24.4. The van der Waals surface area contributed by atoms with E-state index in [1.54, 1.807) is 0 Å². The molecule has 2 nitrogen and oxygen atoms in total. The molecule has 0 radical (unpaired) electrons. The number of benzene rings is 4. The number of phenolic OH excluding ortho intramolecular Hbond substituents is 2. The van der Waals surface area contributed by atoms with Crippen molar-refractivity contribution >= 4 is 60.4 Å². The van der Waals surface area contributed by atoms with Crippen LogP contribution in [0.4, 0.5) is 0 Å². The predicted octanol–water partition coefficient (Wildman–Crippen LogP) is 10.6. The Balaban J connectivity index is 1.44. The SMILES string of the molecule is CC(C)(C)c1cc(CS[C@H]2CCCCCC[C@@H]2SCc2cc(C(C)(C)C)cc([Si](C)(C)c3ccccc3)c2O)c(O)c([Si](C)(C)c2ccccc2)c1. The van der Waals surface area contributed by atoms with Crippen LogP contribution in [-0.4, -0.2) is 36.9 Å². The average Bonchev–Trinajstić information content (AvgIpc) is 3.08. The van der Waals surface area contributed by atoms with Crippen LogP contribution >= 0.6 is 23.5 Å². The number of hydrogen-bond acceptors (Lipinski definition) is 4. The molecule has 52 heavy (non-hydrogen) atoms. The molecule has 1 fully saturated rings. The minimum atomic E-state index is -2.14. The molecule has 2 atom stereocenters. The van der Waals surface area contributed by atoms with Gasteiger partial charge >= 0.3 is 0 Å². The van der Waals surface area contributed by atoms with Gasteiger partial charge in [0.25, 0.3) is 0 Å². The molecule has 0 amide bonds.